The average Bonchev–Trinajstić information content (AvgIpc) is 2.85. The molecule has 0 aliphatic carbocycles. The highest BCUT2D eigenvalue weighted by atomic mass is 79.9. The van der Waals surface area contributed by atoms with Gasteiger partial charge in [0.05, 0.1) is 0 Å². The maximum absolute atomic E-state index is 13.6. The van der Waals surface area contributed by atoms with Crippen molar-refractivity contribution in [3.05, 3.63) is 106 Å². The first kappa shape index (κ1) is 26.7. The van der Waals surface area contributed by atoms with E-state index in [1.807, 2.05) is 54.6 Å². The maximum atomic E-state index is 13.6. The van der Waals surface area contributed by atoms with Crippen molar-refractivity contribution in [2.24, 2.45) is 0 Å². The second kappa shape index (κ2) is 12.2. The van der Waals surface area contributed by atoms with Crippen LogP contribution in [0.4, 0.5) is 0 Å². The van der Waals surface area contributed by atoms with Crippen LogP contribution in [-0.2, 0) is 34.4 Å². The molecule has 1 unspecified atom stereocenters. The molecule has 0 fully saturated rings. The van der Waals surface area contributed by atoms with Crippen LogP contribution < -0.4 is 5.32 Å². The highest BCUT2D eigenvalue weighted by Crippen LogP contribution is 2.23. The molecule has 2 amide bonds. The number of halogens is 1. The molecule has 0 heterocycles. The molecule has 1 atom stereocenters. The minimum absolute atomic E-state index is 0.0302. The quantitative estimate of drug-likeness (QED) is 0.362. The number of benzene rings is 3. The van der Waals surface area contributed by atoms with Crippen LogP contribution in [0.15, 0.2) is 83.3 Å². The van der Waals surface area contributed by atoms with Gasteiger partial charge in [0.1, 0.15) is 6.04 Å². The highest BCUT2D eigenvalue weighted by Gasteiger charge is 2.29. The molecule has 0 saturated carbocycles. The monoisotopic (exact) mass is 534 g/mol. The molecule has 0 aromatic heterocycles. The normalized spacial score (nSPS) is 12.1. The van der Waals surface area contributed by atoms with Crippen molar-refractivity contribution < 1.29 is 9.59 Å². The summed E-state index contributed by atoms with van der Waals surface area (Å²) in [6.45, 7) is 6.95. The van der Waals surface area contributed by atoms with E-state index in [0.29, 0.717) is 25.8 Å². The van der Waals surface area contributed by atoms with Gasteiger partial charge in [0, 0.05) is 30.9 Å². The number of likely N-dealkylation sites (N-methyl/N-ethyl adjacent to an activating group) is 1. The van der Waals surface area contributed by atoms with Crippen LogP contribution in [-0.4, -0.2) is 29.8 Å². The molecule has 184 valence electrons. The Kier molecular flexibility index (Phi) is 9.27. The van der Waals surface area contributed by atoms with Gasteiger partial charge in [0.25, 0.3) is 0 Å². The van der Waals surface area contributed by atoms with Crippen LogP contribution in [0.5, 0.6) is 0 Å². The third kappa shape index (κ3) is 7.79. The van der Waals surface area contributed by atoms with Gasteiger partial charge >= 0.3 is 0 Å². The van der Waals surface area contributed by atoms with E-state index in [4.69, 9.17) is 0 Å². The van der Waals surface area contributed by atoms with E-state index < -0.39 is 6.04 Å². The van der Waals surface area contributed by atoms with Crippen molar-refractivity contribution in [2.45, 2.75) is 58.0 Å². The molecule has 3 rings (SSSR count). The first-order valence-electron chi connectivity index (χ1n) is 12.1. The van der Waals surface area contributed by atoms with Crippen LogP contribution >= 0.6 is 15.9 Å². The van der Waals surface area contributed by atoms with E-state index in [0.717, 1.165) is 21.2 Å². The maximum Gasteiger partial charge on any atom is 0.242 e. The van der Waals surface area contributed by atoms with Gasteiger partial charge in [-0.2, -0.15) is 0 Å². The summed E-state index contributed by atoms with van der Waals surface area (Å²) in [4.78, 5) is 28.3. The van der Waals surface area contributed by atoms with E-state index in [2.05, 4.69) is 66.3 Å². The largest absolute Gasteiger partial charge is 0.357 e. The molecule has 5 heteroatoms. The first-order valence-corrected chi connectivity index (χ1v) is 12.9. The zero-order chi connectivity index (χ0) is 25.4. The second-order valence-electron chi connectivity index (χ2n) is 9.91. The van der Waals surface area contributed by atoms with Crippen molar-refractivity contribution in [3.8, 4) is 0 Å². The summed E-state index contributed by atoms with van der Waals surface area (Å²) in [5, 5.41) is 2.77. The predicted octanol–water partition coefficient (Wildman–Crippen LogP) is 6.07. The van der Waals surface area contributed by atoms with E-state index in [9.17, 15) is 9.59 Å². The molecule has 0 bridgehead atoms. The molecular weight excluding hydrogens is 500 g/mol. The number of hydrogen-bond acceptors (Lipinski definition) is 2. The molecule has 3 aromatic rings. The van der Waals surface area contributed by atoms with Crippen LogP contribution in [0.3, 0.4) is 0 Å². The Balaban J connectivity index is 1.83. The van der Waals surface area contributed by atoms with E-state index >= 15 is 0 Å². The number of hydrogen-bond donors (Lipinski definition) is 1. The first-order chi connectivity index (χ1) is 16.7. The zero-order valence-electron chi connectivity index (χ0n) is 21.1. The highest BCUT2D eigenvalue weighted by molar-refractivity contribution is 9.10. The molecule has 0 radical (unpaired) electrons. The summed E-state index contributed by atoms with van der Waals surface area (Å²) in [5.41, 5.74) is 4.49. The second-order valence-corrected chi connectivity index (χ2v) is 10.8. The number of nitrogens with one attached hydrogen (secondary N) is 1. The van der Waals surface area contributed by atoms with Crippen LogP contribution in [0.25, 0.3) is 0 Å². The molecule has 0 spiro atoms. The van der Waals surface area contributed by atoms with Gasteiger partial charge in [-0.3, -0.25) is 9.59 Å². The van der Waals surface area contributed by atoms with Crippen molar-refractivity contribution >= 4 is 27.7 Å². The number of carbonyl (C=O) groups is 2. The van der Waals surface area contributed by atoms with Gasteiger partial charge in [-0.15, -0.1) is 0 Å². The number of rotatable bonds is 9. The Morgan fingerprint density at radius 1 is 0.857 bits per heavy atom. The topological polar surface area (TPSA) is 49.4 Å². The van der Waals surface area contributed by atoms with Crippen molar-refractivity contribution in [2.75, 3.05) is 7.05 Å². The Hall–Kier alpha value is -2.92. The molecule has 1 N–H and O–H groups in total. The Bertz CT molecular complexity index is 1100. The zero-order valence-corrected chi connectivity index (χ0v) is 22.6. The Labute approximate surface area is 217 Å². The SMILES string of the molecule is CNC(=O)C(Cc1ccccc1)N(Cc1ccc(Br)cc1)C(=O)CCc1ccc(C(C)(C)C)cc1. The van der Waals surface area contributed by atoms with Crippen LogP contribution in [0.2, 0.25) is 0 Å². The summed E-state index contributed by atoms with van der Waals surface area (Å²) >= 11 is 3.47. The fraction of sp³-hybridized carbons (Fsp3) is 0.333. The lowest BCUT2D eigenvalue weighted by Gasteiger charge is -2.31. The van der Waals surface area contributed by atoms with E-state index in [-0.39, 0.29) is 17.2 Å². The van der Waals surface area contributed by atoms with Gasteiger partial charge < -0.3 is 10.2 Å². The number of amides is 2. The Morgan fingerprint density at radius 2 is 1.46 bits per heavy atom. The molecule has 0 saturated heterocycles. The summed E-state index contributed by atoms with van der Waals surface area (Å²) < 4.78 is 0.977. The van der Waals surface area contributed by atoms with Gasteiger partial charge in [-0.05, 0) is 46.2 Å². The lowest BCUT2D eigenvalue weighted by Crippen LogP contribution is -2.49. The molecule has 35 heavy (non-hydrogen) atoms. The van der Waals surface area contributed by atoms with Gasteiger partial charge in [0.15, 0.2) is 0 Å². The van der Waals surface area contributed by atoms with E-state index in [1.54, 1.807) is 11.9 Å². The molecular formula is C30H35BrN2O2. The predicted molar refractivity (Wildman–Crippen MR) is 146 cm³/mol. The number of aryl methyl sites for hydroxylation is 1. The van der Waals surface area contributed by atoms with Gasteiger partial charge in [0.2, 0.25) is 11.8 Å². The fourth-order valence-corrected chi connectivity index (χ4v) is 4.34. The average molecular weight is 536 g/mol. The summed E-state index contributed by atoms with van der Waals surface area (Å²) in [6, 6.07) is 25.6. The molecule has 0 aliphatic rings. The van der Waals surface area contributed by atoms with Gasteiger partial charge in [-0.25, -0.2) is 0 Å². The third-order valence-corrected chi connectivity index (χ3v) is 6.76. The van der Waals surface area contributed by atoms with Gasteiger partial charge in [-0.1, -0.05) is 103 Å². The number of nitrogens with zero attached hydrogens (tertiary/aromatic N) is 1. The Morgan fingerprint density at radius 3 is 2.03 bits per heavy atom. The van der Waals surface area contributed by atoms with Crippen molar-refractivity contribution in [3.63, 3.8) is 0 Å². The summed E-state index contributed by atoms with van der Waals surface area (Å²) in [7, 11) is 1.62. The smallest absolute Gasteiger partial charge is 0.242 e. The van der Waals surface area contributed by atoms with Crippen LogP contribution in [0, 0.1) is 0 Å². The molecule has 3 aromatic carbocycles. The van der Waals surface area contributed by atoms with Crippen LogP contribution in [0.1, 0.15) is 49.4 Å². The fourth-order valence-electron chi connectivity index (χ4n) is 4.07. The summed E-state index contributed by atoms with van der Waals surface area (Å²) in [6.07, 6.45) is 1.43. The van der Waals surface area contributed by atoms with Crippen molar-refractivity contribution in [1.29, 1.82) is 0 Å². The third-order valence-electron chi connectivity index (χ3n) is 6.23. The minimum atomic E-state index is -0.596. The van der Waals surface area contributed by atoms with Crippen molar-refractivity contribution in [1.82, 2.24) is 10.2 Å². The lowest BCUT2D eigenvalue weighted by atomic mass is 9.86. The summed E-state index contributed by atoms with van der Waals surface area (Å²) in [5.74, 6) is -0.189. The van der Waals surface area contributed by atoms with E-state index in [1.165, 1.54) is 5.56 Å². The minimum Gasteiger partial charge on any atom is -0.357 e. The lowest BCUT2D eigenvalue weighted by molar-refractivity contribution is -0.141. The standard InChI is InChI=1S/C30H35BrN2O2/c1-30(2,3)25-15-10-22(11-16-25)14-19-28(34)33(21-24-12-17-26(31)18-13-24)27(29(35)32-4)20-23-8-6-5-7-9-23/h5-13,15-18,27H,14,19-21H2,1-4H3,(H,32,35). The molecule has 0 aliphatic heterocycles. The molecule has 4 nitrogen and oxygen atoms in total. The number of carbonyl (C=O) groups excluding carboxylic acids is 2.